The average Bonchev–Trinajstić information content (AvgIpc) is 2.25. The highest BCUT2D eigenvalue weighted by Crippen LogP contribution is 1.92. The Morgan fingerprint density at radius 3 is 3.07 bits per heavy atom. The fraction of sp³-hybridized carbons (Fsp3) is 0.400. The van der Waals surface area contributed by atoms with Gasteiger partial charge >= 0.3 is 5.97 Å². The molecule has 1 N–H and O–H groups in total. The zero-order valence-corrected chi connectivity index (χ0v) is 8.19. The number of methoxy groups -OCH3 is 1. The predicted octanol–water partition coefficient (Wildman–Crippen LogP) is 0.387. The summed E-state index contributed by atoms with van der Waals surface area (Å²) in [5.74, 6) is -0.244. The van der Waals surface area contributed by atoms with Gasteiger partial charge in [-0.2, -0.15) is 0 Å². The van der Waals surface area contributed by atoms with E-state index in [9.17, 15) is 4.79 Å². The zero-order chi connectivity index (χ0) is 10.2. The van der Waals surface area contributed by atoms with Crippen molar-refractivity contribution in [1.82, 2.24) is 10.3 Å². The first-order valence-electron chi connectivity index (χ1n) is 4.50. The number of ether oxygens (including phenoxy) is 1. The minimum Gasteiger partial charge on any atom is -0.468 e. The van der Waals surface area contributed by atoms with Gasteiger partial charge in [0.05, 0.1) is 13.7 Å². The van der Waals surface area contributed by atoms with E-state index in [-0.39, 0.29) is 12.5 Å². The molecule has 0 bridgehead atoms. The van der Waals surface area contributed by atoms with Crippen LogP contribution in [0, 0.1) is 0 Å². The average molecular weight is 194 g/mol. The molecular weight excluding hydrogens is 180 g/mol. The molecule has 0 unspecified atom stereocenters. The van der Waals surface area contributed by atoms with E-state index in [0.29, 0.717) is 0 Å². The second-order valence-electron chi connectivity index (χ2n) is 2.82. The molecule has 0 aromatic carbocycles. The largest absolute Gasteiger partial charge is 0.468 e. The summed E-state index contributed by atoms with van der Waals surface area (Å²) in [4.78, 5) is 14.9. The molecule has 0 aliphatic heterocycles. The Balaban J connectivity index is 2.13. The first-order chi connectivity index (χ1) is 6.83. The van der Waals surface area contributed by atoms with Crippen molar-refractivity contribution >= 4 is 5.97 Å². The zero-order valence-electron chi connectivity index (χ0n) is 8.19. The van der Waals surface area contributed by atoms with Crippen LogP contribution in [0.4, 0.5) is 0 Å². The third kappa shape index (κ3) is 4.00. The first-order valence-corrected chi connectivity index (χ1v) is 4.50. The maximum atomic E-state index is 10.7. The summed E-state index contributed by atoms with van der Waals surface area (Å²) in [5.41, 5.74) is 1.02. The van der Waals surface area contributed by atoms with Crippen LogP contribution in [0.2, 0.25) is 0 Å². The Kier molecular flexibility index (Phi) is 4.64. The van der Waals surface area contributed by atoms with Crippen LogP contribution in [-0.2, 0) is 16.0 Å². The highest BCUT2D eigenvalue weighted by molar-refractivity contribution is 5.71. The third-order valence-corrected chi connectivity index (χ3v) is 1.78. The highest BCUT2D eigenvalue weighted by atomic mass is 16.5. The maximum absolute atomic E-state index is 10.7. The summed E-state index contributed by atoms with van der Waals surface area (Å²) in [7, 11) is 1.38. The second-order valence-corrected chi connectivity index (χ2v) is 2.82. The van der Waals surface area contributed by atoms with E-state index in [4.69, 9.17) is 0 Å². The molecule has 0 fully saturated rings. The van der Waals surface area contributed by atoms with E-state index in [1.165, 1.54) is 7.11 Å². The van der Waals surface area contributed by atoms with Crippen molar-refractivity contribution in [2.75, 3.05) is 20.2 Å². The molecule has 14 heavy (non-hydrogen) atoms. The molecule has 4 heteroatoms. The quantitative estimate of drug-likeness (QED) is 0.544. The summed E-state index contributed by atoms with van der Waals surface area (Å²) in [6.45, 7) is 0.982. The van der Waals surface area contributed by atoms with E-state index in [2.05, 4.69) is 15.0 Å². The Morgan fingerprint density at radius 2 is 2.43 bits per heavy atom. The summed E-state index contributed by atoms with van der Waals surface area (Å²) >= 11 is 0. The molecule has 0 aliphatic carbocycles. The lowest BCUT2D eigenvalue weighted by Crippen LogP contribution is -2.25. The van der Waals surface area contributed by atoms with Crippen LogP contribution in [0.1, 0.15) is 5.69 Å². The minimum atomic E-state index is -0.244. The number of carbonyl (C=O) groups is 1. The molecule has 0 amide bonds. The second kappa shape index (κ2) is 6.10. The van der Waals surface area contributed by atoms with Gasteiger partial charge < -0.3 is 10.1 Å². The van der Waals surface area contributed by atoms with Crippen LogP contribution in [0.5, 0.6) is 0 Å². The van der Waals surface area contributed by atoms with Gasteiger partial charge in [-0.05, 0) is 12.1 Å². The Hall–Kier alpha value is -1.42. The molecule has 1 rings (SSSR count). The van der Waals surface area contributed by atoms with Crippen molar-refractivity contribution in [3.8, 4) is 0 Å². The van der Waals surface area contributed by atoms with Crippen molar-refractivity contribution in [2.24, 2.45) is 0 Å². The van der Waals surface area contributed by atoms with Crippen LogP contribution >= 0.6 is 0 Å². The number of nitrogens with zero attached hydrogens (tertiary/aromatic N) is 1. The first kappa shape index (κ1) is 10.7. The van der Waals surface area contributed by atoms with E-state index < -0.39 is 0 Å². The smallest absolute Gasteiger partial charge is 0.319 e. The van der Waals surface area contributed by atoms with Gasteiger partial charge in [0.15, 0.2) is 0 Å². The number of hydrogen-bond donors (Lipinski definition) is 1. The lowest BCUT2D eigenvalue weighted by molar-refractivity contribution is -0.139. The molecular formula is C10H14N2O2. The molecule has 0 atom stereocenters. The topological polar surface area (TPSA) is 51.2 Å². The molecule has 0 spiro atoms. The van der Waals surface area contributed by atoms with Gasteiger partial charge in [0, 0.05) is 24.9 Å². The molecule has 0 saturated heterocycles. The standard InChI is InChI=1S/C10H14N2O2/c1-14-10(13)8-11-7-5-9-4-2-3-6-12-9/h2-4,6,11H,5,7-8H2,1H3. The molecule has 0 aliphatic rings. The summed E-state index contributed by atoms with van der Waals surface area (Å²) in [6.07, 6.45) is 2.58. The number of pyridine rings is 1. The molecule has 1 heterocycles. The normalized spacial score (nSPS) is 9.79. The summed E-state index contributed by atoms with van der Waals surface area (Å²) < 4.78 is 4.49. The van der Waals surface area contributed by atoms with Gasteiger partial charge in [-0.3, -0.25) is 9.78 Å². The Labute approximate surface area is 83.3 Å². The van der Waals surface area contributed by atoms with Crippen molar-refractivity contribution in [3.63, 3.8) is 0 Å². The van der Waals surface area contributed by atoms with E-state index >= 15 is 0 Å². The van der Waals surface area contributed by atoms with E-state index in [0.717, 1.165) is 18.7 Å². The monoisotopic (exact) mass is 194 g/mol. The van der Waals surface area contributed by atoms with E-state index in [1.54, 1.807) is 6.20 Å². The van der Waals surface area contributed by atoms with Gasteiger partial charge in [-0.1, -0.05) is 6.07 Å². The van der Waals surface area contributed by atoms with Crippen LogP contribution in [0.15, 0.2) is 24.4 Å². The number of carbonyl (C=O) groups excluding carboxylic acids is 1. The van der Waals surface area contributed by atoms with Crippen LogP contribution in [0.25, 0.3) is 0 Å². The molecule has 1 aromatic rings. The molecule has 76 valence electrons. The van der Waals surface area contributed by atoms with Gasteiger partial charge in [0.2, 0.25) is 0 Å². The summed E-state index contributed by atoms with van der Waals surface area (Å²) in [6, 6.07) is 5.79. The SMILES string of the molecule is COC(=O)CNCCc1ccccn1. The Morgan fingerprint density at radius 1 is 1.57 bits per heavy atom. The Bertz CT molecular complexity index is 275. The van der Waals surface area contributed by atoms with Crippen molar-refractivity contribution < 1.29 is 9.53 Å². The lowest BCUT2D eigenvalue weighted by atomic mass is 10.3. The predicted molar refractivity (Wildman–Crippen MR) is 52.8 cm³/mol. The summed E-state index contributed by atoms with van der Waals surface area (Å²) in [5, 5.41) is 2.97. The number of esters is 1. The fourth-order valence-electron chi connectivity index (χ4n) is 1.03. The van der Waals surface area contributed by atoms with Gasteiger partial charge in [0.25, 0.3) is 0 Å². The third-order valence-electron chi connectivity index (χ3n) is 1.78. The van der Waals surface area contributed by atoms with Crippen LogP contribution < -0.4 is 5.32 Å². The number of nitrogens with one attached hydrogen (secondary N) is 1. The van der Waals surface area contributed by atoms with Gasteiger partial charge in [-0.15, -0.1) is 0 Å². The number of aromatic nitrogens is 1. The van der Waals surface area contributed by atoms with Crippen LogP contribution in [-0.4, -0.2) is 31.2 Å². The highest BCUT2D eigenvalue weighted by Gasteiger charge is 1.98. The molecule has 1 aromatic heterocycles. The molecule has 4 nitrogen and oxygen atoms in total. The maximum Gasteiger partial charge on any atom is 0.319 e. The van der Waals surface area contributed by atoms with Crippen molar-refractivity contribution in [3.05, 3.63) is 30.1 Å². The van der Waals surface area contributed by atoms with E-state index in [1.807, 2.05) is 18.2 Å². The number of hydrogen-bond acceptors (Lipinski definition) is 4. The number of rotatable bonds is 5. The van der Waals surface area contributed by atoms with Crippen LogP contribution in [0.3, 0.4) is 0 Å². The minimum absolute atomic E-state index is 0.244. The van der Waals surface area contributed by atoms with Crippen molar-refractivity contribution in [2.45, 2.75) is 6.42 Å². The lowest BCUT2D eigenvalue weighted by Gasteiger charge is -2.02. The fourth-order valence-corrected chi connectivity index (χ4v) is 1.03. The molecule has 0 radical (unpaired) electrons. The van der Waals surface area contributed by atoms with Gasteiger partial charge in [-0.25, -0.2) is 0 Å². The van der Waals surface area contributed by atoms with Gasteiger partial charge in [0.1, 0.15) is 0 Å². The van der Waals surface area contributed by atoms with Crippen molar-refractivity contribution in [1.29, 1.82) is 0 Å². The molecule has 0 saturated carbocycles.